The Morgan fingerprint density at radius 3 is 2.80 bits per heavy atom. The lowest BCUT2D eigenvalue weighted by Crippen LogP contribution is -2.08. The van der Waals surface area contributed by atoms with Crippen LogP contribution in [-0.4, -0.2) is 5.16 Å². The molecule has 0 amide bonds. The molecule has 3 nitrogen and oxygen atoms in total. The van der Waals surface area contributed by atoms with Crippen molar-refractivity contribution in [3.8, 4) is 0 Å². The molecular formula is C12H22N2O. The number of hydrogen-bond acceptors (Lipinski definition) is 3. The lowest BCUT2D eigenvalue weighted by atomic mass is 10.1. The Labute approximate surface area is 92.0 Å². The van der Waals surface area contributed by atoms with E-state index in [1.54, 1.807) is 0 Å². The molecule has 1 atom stereocenters. The van der Waals surface area contributed by atoms with Crippen molar-refractivity contribution in [2.75, 3.05) is 0 Å². The van der Waals surface area contributed by atoms with E-state index in [1.165, 1.54) is 19.3 Å². The molecule has 1 unspecified atom stereocenters. The van der Waals surface area contributed by atoms with Gasteiger partial charge in [0.05, 0.1) is 11.7 Å². The van der Waals surface area contributed by atoms with Gasteiger partial charge in [0.1, 0.15) is 0 Å². The Morgan fingerprint density at radius 2 is 2.13 bits per heavy atom. The van der Waals surface area contributed by atoms with Gasteiger partial charge in [-0.25, -0.2) is 0 Å². The van der Waals surface area contributed by atoms with Crippen LogP contribution in [0, 0.1) is 0 Å². The Hall–Kier alpha value is -0.830. The van der Waals surface area contributed by atoms with E-state index in [9.17, 15) is 0 Å². The first kappa shape index (κ1) is 12.2. The van der Waals surface area contributed by atoms with Gasteiger partial charge in [-0.3, -0.25) is 0 Å². The topological polar surface area (TPSA) is 52.0 Å². The first-order chi connectivity index (χ1) is 7.27. The van der Waals surface area contributed by atoms with Gasteiger partial charge in [-0.15, -0.1) is 0 Å². The van der Waals surface area contributed by atoms with Crippen molar-refractivity contribution < 1.29 is 4.52 Å². The number of nitrogens with two attached hydrogens (primary N) is 1. The minimum Gasteiger partial charge on any atom is -0.359 e. The highest BCUT2D eigenvalue weighted by Gasteiger charge is 2.11. The van der Waals surface area contributed by atoms with E-state index in [-0.39, 0.29) is 6.04 Å². The minimum absolute atomic E-state index is 0.0161. The lowest BCUT2D eigenvalue weighted by Gasteiger charge is -2.03. The first-order valence-corrected chi connectivity index (χ1v) is 5.99. The third-order valence-corrected chi connectivity index (χ3v) is 2.58. The Balaban J connectivity index is 2.41. The molecule has 0 aliphatic heterocycles. The molecule has 1 aromatic rings. The molecule has 1 aromatic heterocycles. The maximum atomic E-state index is 5.94. The second-order valence-corrected chi connectivity index (χ2v) is 4.07. The second kappa shape index (κ2) is 6.62. The van der Waals surface area contributed by atoms with Crippen molar-refractivity contribution in [3.63, 3.8) is 0 Å². The number of unbranched alkanes of at least 4 members (excludes halogenated alkanes) is 2. The monoisotopic (exact) mass is 210 g/mol. The van der Waals surface area contributed by atoms with Gasteiger partial charge in [0, 0.05) is 6.07 Å². The van der Waals surface area contributed by atoms with Crippen LogP contribution in [0.1, 0.15) is 63.4 Å². The van der Waals surface area contributed by atoms with E-state index in [0.717, 1.165) is 30.7 Å². The molecule has 1 rings (SSSR count). The van der Waals surface area contributed by atoms with E-state index in [4.69, 9.17) is 10.3 Å². The Bertz CT molecular complexity index is 270. The van der Waals surface area contributed by atoms with Gasteiger partial charge in [0.15, 0.2) is 5.76 Å². The van der Waals surface area contributed by atoms with Crippen molar-refractivity contribution in [2.45, 2.75) is 58.4 Å². The molecule has 86 valence electrons. The molecule has 0 radical (unpaired) electrons. The minimum atomic E-state index is 0.0161. The summed E-state index contributed by atoms with van der Waals surface area (Å²) in [7, 11) is 0. The van der Waals surface area contributed by atoms with Crippen LogP contribution in [0.5, 0.6) is 0 Å². The summed E-state index contributed by atoms with van der Waals surface area (Å²) in [6.45, 7) is 4.32. The van der Waals surface area contributed by atoms with Crippen LogP contribution in [-0.2, 0) is 6.42 Å². The molecule has 0 aliphatic carbocycles. The molecule has 0 bridgehead atoms. The molecule has 1 heterocycles. The van der Waals surface area contributed by atoms with E-state index >= 15 is 0 Å². The van der Waals surface area contributed by atoms with E-state index in [0.29, 0.717) is 0 Å². The molecule has 3 heteroatoms. The van der Waals surface area contributed by atoms with Crippen molar-refractivity contribution in [3.05, 3.63) is 17.5 Å². The summed E-state index contributed by atoms with van der Waals surface area (Å²) in [4.78, 5) is 0. The quantitative estimate of drug-likeness (QED) is 0.703. The highest BCUT2D eigenvalue weighted by atomic mass is 16.5. The summed E-state index contributed by atoms with van der Waals surface area (Å²) in [5, 5.41) is 4.04. The molecule has 0 saturated heterocycles. The van der Waals surface area contributed by atoms with Crippen LogP contribution in [0.25, 0.3) is 0 Å². The van der Waals surface area contributed by atoms with Gasteiger partial charge >= 0.3 is 0 Å². The molecule has 0 aliphatic rings. The van der Waals surface area contributed by atoms with Crippen molar-refractivity contribution in [1.82, 2.24) is 5.16 Å². The first-order valence-electron chi connectivity index (χ1n) is 5.99. The third kappa shape index (κ3) is 4.04. The molecule has 0 aromatic carbocycles. The van der Waals surface area contributed by atoms with Crippen molar-refractivity contribution in [1.29, 1.82) is 0 Å². The average molecular weight is 210 g/mol. The van der Waals surface area contributed by atoms with Crippen LogP contribution >= 0.6 is 0 Å². The van der Waals surface area contributed by atoms with Gasteiger partial charge < -0.3 is 10.3 Å². The zero-order valence-electron chi connectivity index (χ0n) is 9.83. The second-order valence-electron chi connectivity index (χ2n) is 4.07. The standard InChI is InChI=1S/C12H22N2O/c1-3-5-6-8-10-9-12(15-14-10)11(13)7-4-2/h9,11H,3-8,13H2,1-2H3. The Kier molecular flexibility index (Phi) is 5.40. The van der Waals surface area contributed by atoms with Crippen molar-refractivity contribution in [2.24, 2.45) is 5.73 Å². The SMILES string of the molecule is CCCCCc1cc(C(N)CCC)on1. The molecule has 2 N–H and O–H groups in total. The fourth-order valence-electron chi connectivity index (χ4n) is 1.63. The van der Waals surface area contributed by atoms with Crippen LogP contribution in [0.4, 0.5) is 0 Å². The number of aryl methyl sites for hydroxylation is 1. The van der Waals surface area contributed by atoms with Gasteiger partial charge in [-0.05, 0) is 19.3 Å². The number of aromatic nitrogens is 1. The predicted molar refractivity (Wildman–Crippen MR) is 61.6 cm³/mol. The highest BCUT2D eigenvalue weighted by molar-refractivity contribution is 5.08. The molecule has 0 saturated carbocycles. The van der Waals surface area contributed by atoms with Crippen molar-refractivity contribution >= 4 is 0 Å². The smallest absolute Gasteiger partial charge is 0.153 e. The normalized spacial score (nSPS) is 13.0. The fourth-order valence-corrected chi connectivity index (χ4v) is 1.63. The van der Waals surface area contributed by atoms with E-state index < -0.39 is 0 Å². The van der Waals surface area contributed by atoms with E-state index in [1.807, 2.05) is 6.07 Å². The number of hydrogen-bond donors (Lipinski definition) is 1. The maximum absolute atomic E-state index is 5.94. The van der Waals surface area contributed by atoms with Gasteiger partial charge in [0.25, 0.3) is 0 Å². The molecule has 15 heavy (non-hydrogen) atoms. The predicted octanol–water partition coefficient (Wildman–Crippen LogP) is 3.21. The Morgan fingerprint density at radius 1 is 1.33 bits per heavy atom. The fraction of sp³-hybridized carbons (Fsp3) is 0.750. The van der Waals surface area contributed by atoms with Crippen LogP contribution in [0.15, 0.2) is 10.6 Å². The summed E-state index contributed by atoms with van der Waals surface area (Å²) in [5.74, 6) is 0.836. The van der Waals surface area contributed by atoms with Crippen LogP contribution in [0.3, 0.4) is 0 Å². The lowest BCUT2D eigenvalue weighted by molar-refractivity contribution is 0.350. The van der Waals surface area contributed by atoms with Gasteiger partial charge in [-0.1, -0.05) is 38.3 Å². The van der Waals surface area contributed by atoms with Crippen LogP contribution in [0.2, 0.25) is 0 Å². The summed E-state index contributed by atoms with van der Waals surface area (Å²) in [5.41, 5.74) is 6.99. The largest absolute Gasteiger partial charge is 0.359 e. The maximum Gasteiger partial charge on any atom is 0.153 e. The summed E-state index contributed by atoms with van der Waals surface area (Å²) in [6.07, 6.45) is 6.72. The average Bonchev–Trinajstić information content (AvgIpc) is 2.67. The zero-order valence-corrected chi connectivity index (χ0v) is 9.83. The zero-order chi connectivity index (χ0) is 11.1. The molecule has 0 fully saturated rings. The number of rotatable bonds is 7. The van der Waals surface area contributed by atoms with E-state index in [2.05, 4.69) is 19.0 Å². The van der Waals surface area contributed by atoms with Gasteiger partial charge in [-0.2, -0.15) is 0 Å². The third-order valence-electron chi connectivity index (χ3n) is 2.58. The molecular weight excluding hydrogens is 188 g/mol. The number of nitrogens with zero attached hydrogens (tertiary/aromatic N) is 1. The highest BCUT2D eigenvalue weighted by Crippen LogP contribution is 2.17. The van der Waals surface area contributed by atoms with Crippen LogP contribution < -0.4 is 5.73 Å². The summed E-state index contributed by atoms with van der Waals surface area (Å²) in [6, 6.07) is 2.03. The molecule has 0 spiro atoms. The summed E-state index contributed by atoms with van der Waals surface area (Å²) >= 11 is 0. The van der Waals surface area contributed by atoms with Gasteiger partial charge in [0.2, 0.25) is 0 Å². The summed E-state index contributed by atoms with van der Waals surface area (Å²) < 4.78 is 5.23.